The molecule has 3 rings (SSSR count). The highest BCUT2D eigenvalue weighted by Crippen LogP contribution is 2.28. The molecule has 0 aliphatic rings. The number of Topliss-reactive ketones (excluding diaryl/α,β-unsaturated/α-hetero) is 1. The molecule has 0 N–H and O–H groups in total. The Hall–Kier alpha value is -2.46. The highest BCUT2D eigenvalue weighted by molar-refractivity contribution is 8.00. The Morgan fingerprint density at radius 2 is 1.71 bits per heavy atom. The lowest BCUT2D eigenvalue weighted by Crippen LogP contribution is -2.05. The molecular formula is C20H18O3S. The summed E-state index contributed by atoms with van der Waals surface area (Å²) in [4.78, 5) is 13.6. The lowest BCUT2D eigenvalue weighted by atomic mass is 10.1. The first-order valence-corrected chi connectivity index (χ1v) is 8.56. The van der Waals surface area contributed by atoms with Crippen LogP contribution in [0.25, 0.3) is 10.8 Å². The van der Waals surface area contributed by atoms with Crippen LogP contribution in [0.1, 0.15) is 10.4 Å². The van der Waals surface area contributed by atoms with Gasteiger partial charge in [-0.1, -0.05) is 30.3 Å². The van der Waals surface area contributed by atoms with Gasteiger partial charge in [-0.3, -0.25) is 4.79 Å². The number of benzene rings is 3. The lowest BCUT2D eigenvalue weighted by Gasteiger charge is -2.09. The Morgan fingerprint density at radius 1 is 0.917 bits per heavy atom. The second kappa shape index (κ2) is 7.41. The molecule has 0 amide bonds. The molecule has 0 aromatic heterocycles. The number of methoxy groups -OCH3 is 2. The van der Waals surface area contributed by atoms with Crippen LogP contribution in [0.4, 0.5) is 0 Å². The summed E-state index contributed by atoms with van der Waals surface area (Å²) in [6.45, 7) is 0. The quantitative estimate of drug-likeness (QED) is 0.476. The van der Waals surface area contributed by atoms with Gasteiger partial charge in [-0.25, -0.2) is 0 Å². The third-order valence-electron chi connectivity index (χ3n) is 3.80. The van der Waals surface area contributed by atoms with Crippen molar-refractivity contribution < 1.29 is 14.3 Å². The van der Waals surface area contributed by atoms with Crippen molar-refractivity contribution in [3.05, 3.63) is 66.2 Å². The molecule has 0 bridgehead atoms. The normalized spacial score (nSPS) is 10.6. The summed E-state index contributed by atoms with van der Waals surface area (Å²) in [5.74, 6) is 1.61. The summed E-state index contributed by atoms with van der Waals surface area (Å²) in [5.41, 5.74) is 0.576. The lowest BCUT2D eigenvalue weighted by molar-refractivity contribution is 0.101. The molecule has 0 aliphatic carbocycles. The molecule has 0 radical (unpaired) electrons. The predicted octanol–water partition coefficient (Wildman–Crippen LogP) is 4.83. The molecule has 0 heterocycles. The van der Waals surface area contributed by atoms with Crippen LogP contribution in [0.2, 0.25) is 0 Å². The highest BCUT2D eigenvalue weighted by Gasteiger charge is 2.13. The van der Waals surface area contributed by atoms with Crippen molar-refractivity contribution in [1.29, 1.82) is 0 Å². The van der Waals surface area contributed by atoms with Crippen LogP contribution in [-0.4, -0.2) is 25.8 Å². The van der Waals surface area contributed by atoms with Gasteiger partial charge in [-0.05, 0) is 35.0 Å². The van der Waals surface area contributed by atoms with Crippen molar-refractivity contribution in [3.63, 3.8) is 0 Å². The highest BCUT2D eigenvalue weighted by atomic mass is 32.2. The van der Waals surface area contributed by atoms with Crippen molar-refractivity contribution in [2.24, 2.45) is 0 Å². The zero-order valence-electron chi connectivity index (χ0n) is 13.6. The summed E-state index contributed by atoms with van der Waals surface area (Å²) >= 11 is 1.53. The van der Waals surface area contributed by atoms with E-state index in [2.05, 4.69) is 24.3 Å². The monoisotopic (exact) mass is 338 g/mol. The molecule has 0 saturated carbocycles. The van der Waals surface area contributed by atoms with Gasteiger partial charge in [-0.15, -0.1) is 11.8 Å². The minimum Gasteiger partial charge on any atom is -0.497 e. The molecule has 24 heavy (non-hydrogen) atoms. The fourth-order valence-corrected chi connectivity index (χ4v) is 3.34. The Morgan fingerprint density at radius 3 is 2.46 bits per heavy atom. The van der Waals surface area contributed by atoms with Crippen molar-refractivity contribution in [2.75, 3.05) is 20.0 Å². The number of ketones is 1. The molecule has 0 unspecified atom stereocenters. The van der Waals surface area contributed by atoms with Crippen molar-refractivity contribution in [1.82, 2.24) is 0 Å². The molecule has 0 spiro atoms. The molecule has 4 heteroatoms. The number of hydrogen-bond acceptors (Lipinski definition) is 4. The summed E-state index contributed by atoms with van der Waals surface area (Å²) in [6.07, 6.45) is 0. The standard InChI is InChI=1S/C20H18O3S/c1-22-16-8-10-18(20(12-16)23-2)19(21)13-24-17-9-7-14-5-3-4-6-15(14)11-17/h3-12H,13H2,1-2H3. The van der Waals surface area contributed by atoms with Crippen LogP contribution >= 0.6 is 11.8 Å². The van der Waals surface area contributed by atoms with Crippen molar-refractivity contribution in [3.8, 4) is 11.5 Å². The van der Waals surface area contributed by atoms with Crippen LogP contribution in [0.3, 0.4) is 0 Å². The second-order valence-corrected chi connectivity index (χ2v) is 6.34. The first kappa shape index (κ1) is 16.4. The molecule has 0 atom stereocenters. The van der Waals surface area contributed by atoms with Gasteiger partial charge in [0.15, 0.2) is 5.78 Å². The van der Waals surface area contributed by atoms with E-state index in [4.69, 9.17) is 9.47 Å². The summed E-state index contributed by atoms with van der Waals surface area (Å²) in [6, 6.07) is 19.7. The fraction of sp³-hybridized carbons (Fsp3) is 0.150. The second-order valence-electron chi connectivity index (χ2n) is 5.29. The Labute approximate surface area is 145 Å². The van der Waals surface area contributed by atoms with Gasteiger partial charge in [0, 0.05) is 11.0 Å². The SMILES string of the molecule is COc1ccc(C(=O)CSc2ccc3ccccc3c2)c(OC)c1. The minimum absolute atomic E-state index is 0.0349. The van der Waals surface area contributed by atoms with Gasteiger partial charge in [0.05, 0.1) is 25.5 Å². The van der Waals surface area contributed by atoms with E-state index >= 15 is 0 Å². The molecule has 3 aromatic rings. The zero-order chi connectivity index (χ0) is 16.9. The number of carbonyl (C=O) groups is 1. The number of hydrogen-bond donors (Lipinski definition) is 0. The number of fused-ring (bicyclic) bond motifs is 1. The van der Waals surface area contributed by atoms with Crippen LogP contribution < -0.4 is 9.47 Å². The molecule has 3 aromatic carbocycles. The molecule has 0 saturated heterocycles. The average Bonchev–Trinajstić information content (AvgIpc) is 2.65. The third-order valence-corrected chi connectivity index (χ3v) is 4.79. The van der Waals surface area contributed by atoms with Gasteiger partial charge >= 0.3 is 0 Å². The first-order chi connectivity index (χ1) is 11.7. The van der Waals surface area contributed by atoms with Gasteiger partial charge < -0.3 is 9.47 Å². The largest absolute Gasteiger partial charge is 0.497 e. The van der Waals surface area contributed by atoms with Gasteiger partial charge in [-0.2, -0.15) is 0 Å². The molecule has 122 valence electrons. The van der Waals surface area contributed by atoms with E-state index in [1.807, 2.05) is 18.2 Å². The van der Waals surface area contributed by atoms with E-state index < -0.39 is 0 Å². The third kappa shape index (κ3) is 3.54. The maximum atomic E-state index is 12.5. The Balaban J connectivity index is 1.74. The minimum atomic E-state index is 0.0349. The summed E-state index contributed by atoms with van der Waals surface area (Å²) in [5, 5.41) is 2.38. The molecule has 3 nitrogen and oxygen atoms in total. The van der Waals surface area contributed by atoms with Crippen molar-refractivity contribution in [2.45, 2.75) is 4.90 Å². The molecule has 0 fully saturated rings. The van der Waals surface area contributed by atoms with Crippen LogP contribution in [0.15, 0.2) is 65.6 Å². The van der Waals surface area contributed by atoms with Crippen LogP contribution in [-0.2, 0) is 0 Å². The Bertz CT molecular complexity index is 874. The molecule has 0 aliphatic heterocycles. The van der Waals surface area contributed by atoms with Gasteiger partial charge in [0.25, 0.3) is 0 Å². The number of thioether (sulfide) groups is 1. The van der Waals surface area contributed by atoms with E-state index in [0.717, 1.165) is 4.90 Å². The van der Waals surface area contributed by atoms with E-state index in [9.17, 15) is 4.79 Å². The van der Waals surface area contributed by atoms with Crippen molar-refractivity contribution >= 4 is 28.3 Å². The smallest absolute Gasteiger partial charge is 0.176 e. The maximum absolute atomic E-state index is 12.5. The zero-order valence-corrected chi connectivity index (χ0v) is 14.4. The molecular weight excluding hydrogens is 320 g/mol. The van der Waals surface area contributed by atoms with E-state index in [1.54, 1.807) is 32.4 Å². The van der Waals surface area contributed by atoms with Crippen LogP contribution in [0, 0.1) is 0 Å². The summed E-state index contributed by atoms with van der Waals surface area (Å²) in [7, 11) is 3.15. The number of carbonyl (C=O) groups excluding carboxylic acids is 1. The average molecular weight is 338 g/mol. The predicted molar refractivity (Wildman–Crippen MR) is 98.5 cm³/mol. The Kier molecular flexibility index (Phi) is 5.06. The maximum Gasteiger partial charge on any atom is 0.176 e. The van der Waals surface area contributed by atoms with E-state index in [0.29, 0.717) is 22.8 Å². The topological polar surface area (TPSA) is 35.5 Å². The van der Waals surface area contributed by atoms with Crippen LogP contribution in [0.5, 0.6) is 11.5 Å². The summed E-state index contributed by atoms with van der Waals surface area (Å²) < 4.78 is 10.5. The van der Waals surface area contributed by atoms with Gasteiger partial charge in [0.1, 0.15) is 11.5 Å². The first-order valence-electron chi connectivity index (χ1n) is 7.58. The van der Waals surface area contributed by atoms with E-state index in [-0.39, 0.29) is 5.78 Å². The fourth-order valence-electron chi connectivity index (χ4n) is 2.51. The number of ether oxygens (including phenoxy) is 2. The van der Waals surface area contributed by atoms with E-state index in [1.165, 1.54) is 22.5 Å². The van der Waals surface area contributed by atoms with Gasteiger partial charge in [0.2, 0.25) is 0 Å². The number of rotatable bonds is 6.